The van der Waals surface area contributed by atoms with E-state index in [1.54, 1.807) is 12.5 Å². The minimum atomic E-state index is -0.509. The first kappa shape index (κ1) is 10.5. The van der Waals surface area contributed by atoms with E-state index in [1.807, 2.05) is 19.1 Å². The fourth-order valence-electron chi connectivity index (χ4n) is 2.67. The van der Waals surface area contributed by atoms with Gasteiger partial charge in [-0.25, -0.2) is 0 Å². The van der Waals surface area contributed by atoms with E-state index in [1.165, 1.54) is 5.56 Å². The Morgan fingerprint density at radius 1 is 1.47 bits per heavy atom. The first-order valence-corrected chi connectivity index (χ1v) is 5.93. The van der Waals surface area contributed by atoms with Crippen molar-refractivity contribution in [1.82, 2.24) is 4.98 Å². The molecule has 1 aliphatic rings. The highest BCUT2D eigenvalue weighted by Crippen LogP contribution is 2.41. The highest BCUT2D eigenvalue weighted by Gasteiger charge is 2.31. The first-order chi connectivity index (χ1) is 8.27. The number of nitrogens with zero attached hydrogens (tertiary/aromatic N) is 1. The molecule has 0 saturated carbocycles. The molecule has 3 heteroatoms. The number of hydrogen-bond donors (Lipinski definition) is 1. The summed E-state index contributed by atoms with van der Waals surface area (Å²) in [6.45, 7) is 1.88. The fourth-order valence-corrected chi connectivity index (χ4v) is 2.67. The summed E-state index contributed by atoms with van der Waals surface area (Å²) in [5.41, 5.74) is 3.19. The smallest absolute Gasteiger partial charge is 0.106 e. The zero-order valence-electron chi connectivity index (χ0n) is 9.76. The van der Waals surface area contributed by atoms with Crippen LogP contribution in [0, 0.1) is 6.92 Å². The molecule has 0 radical (unpaired) electrons. The van der Waals surface area contributed by atoms with Gasteiger partial charge in [0.25, 0.3) is 0 Å². The molecule has 0 saturated heterocycles. The molecule has 0 aromatic carbocycles. The van der Waals surface area contributed by atoms with Crippen LogP contribution in [0.4, 0.5) is 0 Å². The summed E-state index contributed by atoms with van der Waals surface area (Å²) in [5.74, 6) is 0.893. The van der Waals surface area contributed by atoms with Gasteiger partial charge in [-0.1, -0.05) is 6.07 Å². The zero-order chi connectivity index (χ0) is 11.8. The molecule has 2 aromatic rings. The Bertz CT molecular complexity index is 533. The van der Waals surface area contributed by atoms with E-state index in [9.17, 15) is 5.11 Å². The topological polar surface area (TPSA) is 46.3 Å². The average molecular weight is 229 g/mol. The van der Waals surface area contributed by atoms with Crippen molar-refractivity contribution in [2.45, 2.75) is 31.8 Å². The van der Waals surface area contributed by atoms with Gasteiger partial charge in [-0.15, -0.1) is 0 Å². The lowest BCUT2D eigenvalue weighted by Gasteiger charge is -2.17. The molecule has 1 N–H and O–H groups in total. The molecule has 3 rings (SSSR count). The van der Waals surface area contributed by atoms with Gasteiger partial charge in [0.1, 0.15) is 5.76 Å². The lowest BCUT2D eigenvalue weighted by molar-refractivity contribution is 0.141. The van der Waals surface area contributed by atoms with Crippen LogP contribution in [-0.2, 0) is 6.42 Å². The summed E-state index contributed by atoms with van der Waals surface area (Å²) in [5, 5.41) is 10.4. The standard InChI is InChI=1S/C14H15NO2/c1-9-11(6-8-17-9)14(16)12-5-4-10-3-2-7-15-13(10)12/h2-3,6-8,12,14,16H,4-5H2,1H3. The molecule has 2 heterocycles. The molecule has 0 fully saturated rings. The van der Waals surface area contributed by atoms with Gasteiger partial charge in [-0.2, -0.15) is 0 Å². The average Bonchev–Trinajstić information content (AvgIpc) is 2.94. The molecular formula is C14H15NO2. The molecular weight excluding hydrogens is 214 g/mol. The highest BCUT2D eigenvalue weighted by molar-refractivity contribution is 5.33. The molecule has 0 amide bonds. The van der Waals surface area contributed by atoms with Crippen LogP contribution in [0.25, 0.3) is 0 Å². The van der Waals surface area contributed by atoms with Gasteiger partial charge in [-0.05, 0) is 37.5 Å². The van der Waals surface area contributed by atoms with Gasteiger partial charge >= 0.3 is 0 Å². The maximum absolute atomic E-state index is 10.4. The third-order valence-corrected chi connectivity index (χ3v) is 3.60. The van der Waals surface area contributed by atoms with Crippen molar-refractivity contribution in [1.29, 1.82) is 0 Å². The summed E-state index contributed by atoms with van der Waals surface area (Å²) in [6, 6.07) is 5.90. The molecule has 0 spiro atoms. The summed E-state index contributed by atoms with van der Waals surface area (Å²) < 4.78 is 5.25. The minimum Gasteiger partial charge on any atom is -0.469 e. The monoisotopic (exact) mass is 229 g/mol. The van der Waals surface area contributed by atoms with E-state index >= 15 is 0 Å². The summed E-state index contributed by atoms with van der Waals surface area (Å²) in [7, 11) is 0. The molecule has 2 aromatic heterocycles. The van der Waals surface area contributed by atoms with Crippen LogP contribution in [0.3, 0.4) is 0 Å². The molecule has 2 unspecified atom stereocenters. The van der Waals surface area contributed by atoms with Gasteiger partial charge in [0.15, 0.2) is 0 Å². The molecule has 88 valence electrons. The molecule has 3 nitrogen and oxygen atoms in total. The van der Waals surface area contributed by atoms with Crippen molar-refractivity contribution >= 4 is 0 Å². The molecule has 0 aliphatic heterocycles. The van der Waals surface area contributed by atoms with Gasteiger partial charge < -0.3 is 9.52 Å². The molecule has 2 atom stereocenters. The maximum atomic E-state index is 10.4. The van der Waals surface area contributed by atoms with Crippen molar-refractivity contribution in [2.24, 2.45) is 0 Å². The number of hydrogen-bond acceptors (Lipinski definition) is 3. The van der Waals surface area contributed by atoms with Crippen molar-refractivity contribution in [3.63, 3.8) is 0 Å². The fraction of sp³-hybridized carbons (Fsp3) is 0.357. The van der Waals surface area contributed by atoms with Crippen LogP contribution < -0.4 is 0 Å². The summed E-state index contributed by atoms with van der Waals surface area (Å²) in [6.07, 6.45) is 4.87. The van der Waals surface area contributed by atoms with Gasteiger partial charge in [-0.3, -0.25) is 4.98 Å². The second-order valence-corrected chi connectivity index (χ2v) is 4.57. The van der Waals surface area contributed by atoms with Gasteiger partial charge in [0, 0.05) is 23.4 Å². The molecule has 17 heavy (non-hydrogen) atoms. The largest absolute Gasteiger partial charge is 0.469 e. The minimum absolute atomic E-state index is 0.0995. The van der Waals surface area contributed by atoms with E-state index in [0.717, 1.165) is 29.9 Å². The van der Waals surface area contributed by atoms with E-state index in [0.29, 0.717) is 0 Å². The highest BCUT2D eigenvalue weighted by atomic mass is 16.3. The van der Waals surface area contributed by atoms with Crippen LogP contribution in [0.1, 0.15) is 41.0 Å². The van der Waals surface area contributed by atoms with Crippen molar-refractivity contribution in [2.75, 3.05) is 0 Å². The Balaban J connectivity index is 1.95. The van der Waals surface area contributed by atoms with Gasteiger partial charge in [0.2, 0.25) is 0 Å². The number of fused-ring (bicyclic) bond motifs is 1. The normalized spacial score (nSPS) is 20.2. The Kier molecular flexibility index (Phi) is 2.48. The SMILES string of the molecule is Cc1occc1C(O)C1CCc2cccnc21. The second-order valence-electron chi connectivity index (χ2n) is 4.57. The Hall–Kier alpha value is -1.61. The Labute approximate surface area is 100 Å². The number of pyridine rings is 1. The lowest BCUT2D eigenvalue weighted by Crippen LogP contribution is -2.09. The quantitative estimate of drug-likeness (QED) is 0.861. The van der Waals surface area contributed by atoms with Crippen LogP contribution in [-0.4, -0.2) is 10.1 Å². The number of aliphatic hydroxyl groups excluding tert-OH is 1. The number of aromatic nitrogens is 1. The third kappa shape index (κ3) is 1.67. The Morgan fingerprint density at radius 2 is 2.35 bits per heavy atom. The summed E-state index contributed by atoms with van der Waals surface area (Å²) in [4.78, 5) is 4.41. The number of furan rings is 1. The summed E-state index contributed by atoms with van der Waals surface area (Å²) >= 11 is 0. The lowest BCUT2D eigenvalue weighted by atomic mass is 9.94. The predicted molar refractivity (Wildman–Crippen MR) is 63.7 cm³/mol. The first-order valence-electron chi connectivity index (χ1n) is 5.93. The van der Waals surface area contributed by atoms with Crippen LogP contribution in [0.15, 0.2) is 35.1 Å². The van der Waals surface area contributed by atoms with Crippen LogP contribution >= 0.6 is 0 Å². The van der Waals surface area contributed by atoms with Gasteiger partial charge in [0.05, 0.1) is 12.4 Å². The van der Waals surface area contributed by atoms with E-state index < -0.39 is 6.10 Å². The third-order valence-electron chi connectivity index (χ3n) is 3.60. The number of aliphatic hydroxyl groups is 1. The van der Waals surface area contributed by atoms with Crippen LogP contribution in [0.2, 0.25) is 0 Å². The number of aryl methyl sites for hydroxylation is 2. The van der Waals surface area contributed by atoms with E-state index in [2.05, 4.69) is 11.1 Å². The molecule has 0 bridgehead atoms. The number of rotatable bonds is 2. The Morgan fingerprint density at radius 3 is 3.12 bits per heavy atom. The van der Waals surface area contributed by atoms with Crippen molar-refractivity contribution < 1.29 is 9.52 Å². The van der Waals surface area contributed by atoms with Crippen molar-refractivity contribution in [3.8, 4) is 0 Å². The van der Waals surface area contributed by atoms with E-state index in [-0.39, 0.29) is 5.92 Å². The van der Waals surface area contributed by atoms with E-state index in [4.69, 9.17) is 4.42 Å². The molecule has 1 aliphatic carbocycles. The predicted octanol–water partition coefficient (Wildman–Crippen LogP) is 2.75. The second kappa shape index (κ2) is 4.00. The maximum Gasteiger partial charge on any atom is 0.106 e. The van der Waals surface area contributed by atoms with Crippen molar-refractivity contribution in [3.05, 3.63) is 53.2 Å². The zero-order valence-corrected chi connectivity index (χ0v) is 9.76. The van der Waals surface area contributed by atoms with Crippen LogP contribution in [0.5, 0.6) is 0 Å².